The third kappa shape index (κ3) is 4.20. The summed E-state index contributed by atoms with van der Waals surface area (Å²) in [5, 5.41) is 4.99. The van der Waals surface area contributed by atoms with Crippen molar-refractivity contribution in [2.45, 2.75) is 25.6 Å². The molecule has 98 valence electrons. The molecule has 0 radical (unpaired) electrons. The van der Waals surface area contributed by atoms with Gasteiger partial charge in [-0.1, -0.05) is 18.5 Å². The van der Waals surface area contributed by atoms with E-state index in [0.29, 0.717) is 22.8 Å². The first-order valence-corrected chi connectivity index (χ1v) is 6.29. The highest BCUT2D eigenvalue weighted by atomic mass is 35.5. The SMILES string of the molecule is CCC(=O)Nc1ccc(Cl)c(NC(=O)C(C)Cl)c1. The van der Waals surface area contributed by atoms with Crippen LogP contribution in [0.4, 0.5) is 11.4 Å². The van der Waals surface area contributed by atoms with Gasteiger partial charge in [-0.25, -0.2) is 0 Å². The number of nitrogens with one attached hydrogen (secondary N) is 2. The standard InChI is InChI=1S/C12H14Cl2N2O2/c1-3-11(17)15-8-4-5-9(14)10(6-8)16-12(18)7(2)13/h4-7H,3H2,1-2H3,(H,15,17)(H,16,18). The average molecular weight is 289 g/mol. The molecule has 2 amide bonds. The summed E-state index contributed by atoms with van der Waals surface area (Å²) < 4.78 is 0. The van der Waals surface area contributed by atoms with E-state index in [1.807, 2.05) is 0 Å². The molecule has 18 heavy (non-hydrogen) atoms. The highest BCUT2D eigenvalue weighted by Gasteiger charge is 2.12. The molecule has 0 spiro atoms. The van der Waals surface area contributed by atoms with Gasteiger partial charge < -0.3 is 10.6 Å². The highest BCUT2D eigenvalue weighted by molar-refractivity contribution is 6.35. The molecule has 2 N–H and O–H groups in total. The van der Waals surface area contributed by atoms with Crippen molar-refractivity contribution in [2.75, 3.05) is 10.6 Å². The first-order chi connectivity index (χ1) is 8.43. The number of hydrogen-bond acceptors (Lipinski definition) is 2. The van der Waals surface area contributed by atoms with Crippen LogP contribution >= 0.6 is 23.2 Å². The van der Waals surface area contributed by atoms with Crippen LogP contribution in [0.5, 0.6) is 0 Å². The molecular weight excluding hydrogens is 275 g/mol. The fourth-order valence-electron chi connectivity index (χ4n) is 1.18. The molecule has 1 aromatic rings. The number of rotatable bonds is 4. The Kier molecular flexibility index (Phi) is 5.44. The number of anilines is 2. The monoisotopic (exact) mass is 288 g/mol. The molecule has 1 atom stereocenters. The van der Waals surface area contributed by atoms with Crippen LogP contribution in [-0.2, 0) is 9.59 Å². The zero-order chi connectivity index (χ0) is 13.7. The van der Waals surface area contributed by atoms with Gasteiger partial charge in [0.15, 0.2) is 0 Å². The first kappa shape index (κ1) is 14.8. The Morgan fingerprint density at radius 3 is 2.56 bits per heavy atom. The number of hydrogen-bond donors (Lipinski definition) is 2. The van der Waals surface area contributed by atoms with Gasteiger partial charge in [0, 0.05) is 12.1 Å². The molecule has 0 saturated heterocycles. The Bertz CT molecular complexity index is 461. The van der Waals surface area contributed by atoms with Gasteiger partial charge in [0.25, 0.3) is 0 Å². The zero-order valence-electron chi connectivity index (χ0n) is 10.1. The minimum atomic E-state index is -0.657. The third-order valence-electron chi connectivity index (χ3n) is 2.19. The summed E-state index contributed by atoms with van der Waals surface area (Å²) in [4.78, 5) is 22.7. The molecule has 1 rings (SSSR count). The minimum absolute atomic E-state index is 0.111. The van der Waals surface area contributed by atoms with E-state index in [1.54, 1.807) is 32.0 Å². The summed E-state index contributed by atoms with van der Waals surface area (Å²) in [5.74, 6) is -0.460. The van der Waals surface area contributed by atoms with Crippen LogP contribution in [0.2, 0.25) is 5.02 Å². The molecule has 6 heteroatoms. The van der Waals surface area contributed by atoms with Gasteiger partial charge in [0.2, 0.25) is 11.8 Å². The summed E-state index contributed by atoms with van der Waals surface area (Å²) in [5.41, 5.74) is 0.992. The maximum atomic E-state index is 11.5. The molecule has 0 saturated carbocycles. The smallest absolute Gasteiger partial charge is 0.242 e. The lowest BCUT2D eigenvalue weighted by molar-refractivity contribution is -0.116. The molecule has 1 aromatic carbocycles. The second-order valence-electron chi connectivity index (χ2n) is 3.70. The van der Waals surface area contributed by atoms with Crippen molar-refractivity contribution in [3.8, 4) is 0 Å². The van der Waals surface area contributed by atoms with Gasteiger partial charge in [-0.3, -0.25) is 9.59 Å². The molecule has 0 fully saturated rings. The van der Waals surface area contributed by atoms with E-state index in [9.17, 15) is 9.59 Å². The van der Waals surface area contributed by atoms with Gasteiger partial charge >= 0.3 is 0 Å². The Labute approximate surface area is 116 Å². The van der Waals surface area contributed by atoms with E-state index in [0.717, 1.165) is 0 Å². The summed E-state index contributed by atoms with van der Waals surface area (Å²) in [6, 6.07) is 4.85. The van der Waals surface area contributed by atoms with Gasteiger partial charge in [-0.2, -0.15) is 0 Å². The Balaban J connectivity index is 2.87. The van der Waals surface area contributed by atoms with Crippen molar-refractivity contribution in [2.24, 2.45) is 0 Å². The minimum Gasteiger partial charge on any atom is -0.326 e. The van der Waals surface area contributed by atoms with Gasteiger partial charge in [0.05, 0.1) is 10.7 Å². The fourth-order valence-corrected chi connectivity index (χ4v) is 1.40. The molecule has 0 aliphatic heterocycles. The molecule has 0 aliphatic carbocycles. The van der Waals surface area contributed by atoms with Crippen molar-refractivity contribution in [3.63, 3.8) is 0 Å². The second-order valence-corrected chi connectivity index (χ2v) is 4.76. The number of halogens is 2. The Hall–Kier alpha value is -1.26. The lowest BCUT2D eigenvalue weighted by Gasteiger charge is -2.11. The van der Waals surface area contributed by atoms with Crippen molar-refractivity contribution in [3.05, 3.63) is 23.2 Å². The molecular formula is C12H14Cl2N2O2. The third-order valence-corrected chi connectivity index (χ3v) is 2.72. The Morgan fingerprint density at radius 1 is 1.33 bits per heavy atom. The van der Waals surface area contributed by atoms with Crippen LogP contribution < -0.4 is 10.6 Å². The van der Waals surface area contributed by atoms with Crippen LogP contribution in [0.15, 0.2) is 18.2 Å². The number of amides is 2. The average Bonchev–Trinajstić information content (AvgIpc) is 2.33. The lowest BCUT2D eigenvalue weighted by atomic mass is 10.2. The summed E-state index contributed by atoms with van der Waals surface area (Å²) in [6.07, 6.45) is 0.378. The van der Waals surface area contributed by atoms with Crippen LogP contribution in [-0.4, -0.2) is 17.2 Å². The van der Waals surface area contributed by atoms with Crippen molar-refractivity contribution in [1.29, 1.82) is 0 Å². The molecule has 4 nitrogen and oxygen atoms in total. The highest BCUT2D eigenvalue weighted by Crippen LogP contribution is 2.26. The van der Waals surface area contributed by atoms with Crippen molar-refractivity contribution in [1.82, 2.24) is 0 Å². The second kappa shape index (κ2) is 6.61. The molecule has 0 bridgehead atoms. The van der Waals surface area contributed by atoms with Crippen molar-refractivity contribution < 1.29 is 9.59 Å². The maximum absolute atomic E-state index is 11.5. The van der Waals surface area contributed by atoms with E-state index >= 15 is 0 Å². The van der Waals surface area contributed by atoms with E-state index in [1.165, 1.54) is 0 Å². The van der Waals surface area contributed by atoms with Crippen molar-refractivity contribution >= 4 is 46.4 Å². The van der Waals surface area contributed by atoms with Gasteiger partial charge in [-0.15, -0.1) is 11.6 Å². The van der Waals surface area contributed by atoms with Crippen LogP contribution in [0, 0.1) is 0 Å². The van der Waals surface area contributed by atoms with Crippen LogP contribution in [0.1, 0.15) is 20.3 Å². The van der Waals surface area contributed by atoms with Crippen LogP contribution in [0.25, 0.3) is 0 Å². The number of carbonyl (C=O) groups is 2. The van der Waals surface area contributed by atoms with Gasteiger partial charge in [0.1, 0.15) is 5.38 Å². The topological polar surface area (TPSA) is 58.2 Å². The quantitative estimate of drug-likeness (QED) is 0.836. The normalized spacial score (nSPS) is 11.8. The van der Waals surface area contributed by atoms with Crippen LogP contribution in [0.3, 0.4) is 0 Å². The van der Waals surface area contributed by atoms with E-state index in [4.69, 9.17) is 23.2 Å². The predicted octanol–water partition coefficient (Wildman–Crippen LogP) is 3.25. The number of alkyl halides is 1. The first-order valence-electron chi connectivity index (χ1n) is 5.48. The molecule has 0 aliphatic rings. The van der Waals surface area contributed by atoms with Gasteiger partial charge in [-0.05, 0) is 25.1 Å². The molecule has 0 aromatic heterocycles. The zero-order valence-corrected chi connectivity index (χ0v) is 11.6. The fraction of sp³-hybridized carbons (Fsp3) is 0.333. The number of carbonyl (C=O) groups excluding carboxylic acids is 2. The van der Waals surface area contributed by atoms with E-state index in [-0.39, 0.29) is 11.8 Å². The van der Waals surface area contributed by atoms with E-state index in [2.05, 4.69) is 10.6 Å². The summed E-state index contributed by atoms with van der Waals surface area (Å²) in [7, 11) is 0. The molecule has 0 heterocycles. The summed E-state index contributed by atoms with van der Waals surface area (Å²) >= 11 is 11.6. The van der Waals surface area contributed by atoms with E-state index < -0.39 is 5.38 Å². The largest absolute Gasteiger partial charge is 0.326 e. The molecule has 1 unspecified atom stereocenters. The summed E-state index contributed by atoms with van der Waals surface area (Å²) in [6.45, 7) is 3.32. The lowest BCUT2D eigenvalue weighted by Crippen LogP contribution is -2.20. The Morgan fingerprint density at radius 2 is 2.00 bits per heavy atom. The number of benzene rings is 1. The predicted molar refractivity (Wildman–Crippen MR) is 74.3 cm³/mol. The maximum Gasteiger partial charge on any atom is 0.242 e.